The maximum absolute atomic E-state index is 13.1. The number of carboxylic acids is 1. The van der Waals surface area contributed by atoms with Gasteiger partial charge in [0.1, 0.15) is 0 Å². The molecule has 0 aliphatic rings. The minimum Gasteiger partial charge on any atom is -0.478 e. The van der Waals surface area contributed by atoms with Crippen molar-refractivity contribution in [3.8, 4) is 22.4 Å². The molecular weight excluding hydrogens is 400 g/mol. The fraction of sp³-hybridized carbons (Fsp3) is 0.100. The Hall–Kier alpha value is -3.36. The van der Waals surface area contributed by atoms with Crippen molar-refractivity contribution in [2.24, 2.45) is 0 Å². The maximum atomic E-state index is 13.1. The second kappa shape index (κ2) is 7.23. The highest BCUT2D eigenvalue weighted by molar-refractivity contribution is 6.00. The Labute approximate surface area is 160 Å². The minimum absolute atomic E-state index is 0.0738. The lowest BCUT2D eigenvalue weighted by atomic mass is 9.93. The molecule has 29 heavy (non-hydrogen) atoms. The summed E-state index contributed by atoms with van der Waals surface area (Å²) in [5, 5.41) is 9.48. The summed E-state index contributed by atoms with van der Waals surface area (Å²) in [6.07, 6.45) is -8.26. The van der Waals surface area contributed by atoms with Crippen molar-refractivity contribution < 1.29 is 36.2 Å². The van der Waals surface area contributed by atoms with Crippen LogP contribution in [0.3, 0.4) is 0 Å². The standard InChI is InChI=1S/C20H11F6NO2/c21-19(22,23)13-5-1-3-11(9-13)16-15(18(28)29)7-8-27-17(16)12-4-2-6-14(10-12)20(24,25)26/h1-10H,(H,28,29). The topological polar surface area (TPSA) is 50.2 Å². The van der Waals surface area contributed by atoms with Crippen LogP contribution in [-0.2, 0) is 12.4 Å². The molecular formula is C20H11F6NO2. The Kier molecular flexibility index (Phi) is 5.08. The van der Waals surface area contributed by atoms with Gasteiger partial charge >= 0.3 is 18.3 Å². The molecule has 0 saturated heterocycles. The fourth-order valence-corrected chi connectivity index (χ4v) is 2.84. The predicted octanol–water partition coefficient (Wildman–Crippen LogP) is 6.15. The van der Waals surface area contributed by atoms with E-state index in [1.54, 1.807) is 0 Å². The number of benzene rings is 2. The molecule has 3 aromatic rings. The Morgan fingerprint density at radius 1 is 0.793 bits per heavy atom. The van der Waals surface area contributed by atoms with E-state index in [0.717, 1.165) is 48.7 Å². The zero-order valence-corrected chi connectivity index (χ0v) is 14.3. The van der Waals surface area contributed by atoms with Crippen LogP contribution in [0.25, 0.3) is 22.4 Å². The lowest BCUT2D eigenvalue weighted by Crippen LogP contribution is -2.07. The number of aromatic carboxylic acids is 1. The second-order valence-electron chi connectivity index (χ2n) is 6.04. The highest BCUT2D eigenvalue weighted by atomic mass is 19.4. The number of hydrogen-bond acceptors (Lipinski definition) is 2. The molecule has 0 radical (unpaired) electrons. The first-order valence-electron chi connectivity index (χ1n) is 8.06. The number of halogens is 6. The molecule has 0 atom stereocenters. The van der Waals surface area contributed by atoms with Gasteiger partial charge in [-0.1, -0.05) is 24.3 Å². The van der Waals surface area contributed by atoms with E-state index in [0.29, 0.717) is 0 Å². The average molecular weight is 411 g/mol. The summed E-state index contributed by atoms with van der Waals surface area (Å²) in [5.74, 6) is -1.45. The molecule has 0 saturated carbocycles. The Morgan fingerprint density at radius 2 is 1.31 bits per heavy atom. The molecule has 1 N–H and O–H groups in total. The van der Waals surface area contributed by atoms with Crippen molar-refractivity contribution in [3.63, 3.8) is 0 Å². The molecule has 0 fully saturated rings. The third-order valence-electron chi connectivity index (χ3n) is 4.12. The molecule has 9 heteroatoms. The lowest BCUT2D eigenvalue weighted by molar-refractivity contribution is -0.138. The Balaban J connectivity index is 2.30. The normalized spacial score (nSPS) is 12.1. The molecule has 0 amide bonds. The van der Waals surface area contributed by atoms with Crippen LogP contribution in [0.4, 0.5) is 26.3 Å². The van der Waals surface area contributed by atoms with E-state index in [9.17, 15) is 36.2 Å². The van der Waals surface area contributed by atoms with Gasteiger partial charge in [0.15, 0.2) is 0 Å². The molecule has 0 spiro atoms. The summed E-state index contributed by atoms with van der Waals surface area (Å²) in [7, 11) is 0. The van der Waals surface area contributed by atoms with E-state index in [1.807, 2.05) is 0 Å². The summed E-state index contributed by atoms with van der Waals surface area (Å²) in [6.45, 7) is 0. The van der Waals surface area contributed by atoms with Crippen LogP contribution in [-0.4, -0.2) is 16.1 Å². The number of alkyl halides is 6. The monoisotopic (exact) mass is 411 g/mol. The molecule has 2 aromatic carbocycles. The average Bonchev–Trinajstić information content (AvgIpc) is 2.66. The number of hydrogen-bond donors (Lipinski definition) is 1. The largest absolute Gasteiger partial charge is 0.478 e. The Bertz CT molecular complexity index is 1070. The van der Waals surface area contributed by atoms with Gasteiger partial charge in [-0.25, -0.2) is 4.79 Å². The highest BCUT2D eigenvalue weighted by Gasteiger charge is 2.32. The number of aromatic nitrogens is 1. The van der Waals surface area contributed by atoms with Crippen LogP contribution in [0.15, 0.2) is 60.8 Å². The van der Waals surface area contributed by atoms with Crippen molar-refractivity contribution in [3.05, 3.63) is 77.5 Å². The molecule has 150 valence electrons. The third kappa shape index (κ3) is 4.23. The van der Waals surface area contributed by atoms with Crippen molar-refractivity contribution in [1.29, 1.82) is 0 Å². The van der Waals surface area contributed by atoms with E-state index in [1.165, 1.54) is 12.1 Å². The molecule has 0 aliphatic carbocycles. The highest BCUT2D eigenvalue weighted by Crippen LogP contribution is 2.38. The third-order valence-corrected chi connectivity index (χ3v) is 4.12. The van der Waals surface area contributed by atoms with E-state index in [4.69, 9.17) is 0 Å². The first-order valence-corrected chi connectivity index (χ1v) is 8.06. The fourth-order valence-electron chi connectivity index (χ4n) is 2.84. The smallest absolute Gasteiger partial charge is 0.416 e. The van der Waals surface area contributed by atoms with Gasteiger partial charge in [-0.2, -0.15) is 26.3 Å². The number of pyridine rings is 1. The van der Waals surface area contributed by atoms with Crippen LogP contribution in [0, 0.1) is 0 Å². The van der Waals surface area contributed by atoms with Gasteiger partial charge in [0.2, 0.25) is 0 Å². The summed E-state index contributed by atoms with van der Waals surface area (Å²) >= 11 is 0. The summed E-state index contributed by atoms with van der Waals surface area (Å²) in [5.41, 5.74) is -2.97. The van der Waals surface area contributed by atoms with Crippen LogP contribution in [0.1, 0.15) is 21.5 Å². The van der Waals surface area contributed by atoms with Crippen LogP contribution >= 0.6 is 0 Å². The maximum Gasteiger partial charge on any atom is 0.416 e. The van der Waals surface area contributed by atoms with Gasteiger partial charge in [0, 0.05) is 17.3 Å². The summed E-state index contributed by atoms with van der Waals surface area (Å²) in [6, 6.07) is 8.95. The summed E-state index contributed by atoms with van der Waals surface area (Å²) < 4.78 is 78.5. The van der Waals surface area contributed by atoms with Gasteiger partial charge in [0.05, 0.1) is 22.4 Å². The molecule has 0 bridgehead atoms. The predicted molar refractivity (Wildman–Crippen MR) is 92.1 cm³/mol. The molecule has 3 nitrogen and oxygen atoms in total. The van der Waals surface area contributed by atoms with Crippen molar-refractivity contribution in [1.82, 2.24) is 4.98 Å². The zero-order valence-electron chi connectivity index (χ0n) is 14.3. The quantitative estimate of drug-likeness (QED) is 0.526. The SMILES string of the molecule is O=C(O)c1ccnc(-c2cccc(C(F)(F)F)c2)c1-c1cccc(C(F)(F)F)c1. The van der Waals surface area contributed by atoms with Gasteiger partial charge in [-0.15, -0.1) is 0 Å². The lowest BCUT2D eigenvalue weighted by Gasteiger charge is -2.15. The first-order chi connectivity index (χ1) is 13.5. The van der Waals surface area contributed by atoms with E-state index in [2.05, 4.69) is 4.98 Å². The van der Waals surface area contributed by atoms with Crippen LogP contribution in [0.2, 0.25) is 0 Å². The molecule has 1 aromatic heterocycles. The zero-order chi connectivity index (χ0) is 21.4. The number of carboxylic acid groups (broad SMARTS) is 1. The number of rotatable bonds is 3. The van der Waals surface area contributed by atoms with E-state index < -0.39 is 29.4 Å². The first kappa shape index (κ1) is 20.4. The van der Waals surface area contributed by atoms with Crippen molar-refractivity contribution in [2.45, 2.75) is 12.4 Å². The number of nitrogens with zero attached hydrogens (tertiary/aromatic N) is 1. The molecule has 0 aliphatic heterocycles. The molecule has 1 heterocycles. The number of carbonyl (C=O) groups is 1. The van der Waals surface area contributed by atoms with Gasteiger partial charge in [0.25, 0.3) is 0 Å². The minimum atomic E-state index is -4.68. The second-order valence-corrected chi connectivity index (χ2v) is 6.04. The van der Waals surface area contributed by atoms with Gasteiger partial charge in [-0.3, -0.25) is 4.98 Å². The van der Waals surface area contributed by atoms with Crippen molar-refractivity contribution >= 4 is 5.97 Å². The summed E-state index contributed by atoms with van der Waals surface area (Å²) in [4.78, 5) is 15.6. The van der Waals surface area contributed by atoms with Crippen LogP contribution < -0.4 is 0 Å². The Morgan fingerprint density at radius 3 is 1.83 bits per heavy atom. The van der Waals surface area contributed by atoms with E-state index >= 15 is 0 Å². The van der Waals surface area contributed by atoms with Gasteiger partial charge in [-0.05, 0) is 35.9 Å². The van der Waals surface area contributed by atoms with Crippen LogP contribution in [0.5, 0.6) is 0 Å². The molecule has 0 unspecified atom stereocenters. The van der Waals surface area contributed by atoms with Gasteiger partial charge < -0.3 is 5.11 Å². The van der Waals surface area contributed by atoms with E-state index in [-0.39, 0.29) is 27.9 Å². The van der Waals surface area contributed by atoms with Crippen molar-refractivity contribution in [2.75, 3.05) is 0 Å². The molecule has 3 rings (SSSR count).